The van der Waals surface area contributed by atoms with Crippen molar-refractivity contribution in [2.45, 2.75) is 40.2 Å². The van der Waals surface area contributed by atoms with E-state index in [2.05, 4.69) is 73.0 Å². The minimum absolute atomic E-state index is 0.0250. The molecule has 1 aromatic rings. The van der Waals surface area contributed by atoms with Gasteiger partial charge in [0.1, 0.15) is 0 Å². The highest BCUT2D eigenvalue weighted by molar-refractivity contribution is 5.61. The molecule has 31 heavy (non-hydrogen) atoms. The third kappa shape index (κ3) is 5.48. The van der Waals surface area contributed by atoms with Crippen molar-refractivity contribution < 1.29 is 0 Å². The lowest BCUT2D eigenvalue weighted by Gasteiger charge is -2.48. The van der Waals surface area contributed by atoms with Gasteiger partial charge in [0.25, 0.3) is 0 Å². The molecule has 4 nitrogen and oxygen atoms in total. The number of likely N-dealkylation sites (N-methyl/N-ethyl adjacent to an activating group) is 2. The van der Waals surface area contributed by atoms with E-state index in [9.17, 15) is 0 Å². The van der Waals surface area contributed by atoms with Crippen molar-refractivity contribution in [3.63, 3.8) is 0 Å². The third-order valence-electron chi connectivity index (χ3n) is 5.87. The molecule has 1 aliphatic rings. The van der Waals surface area contributed by atoms with Crippen LogP contribution in [-0.2, 0) is 6.42 Å². The monoisotopic (exact) mass is 418 g/mol. The summed E-state index contributed by atoms with van der Waals surface area (Å²) in [7, 11) is 6.04. The van der Waals surface area contributed by atoms with E-state index >= 15 is 0 Å². The van der Waals surface area contributed by atoms with Crippen LogP contribution in [0.1, 0.15) is 44.9 Å². The Bertz CT molecular complexity index is 919. The third-order valence-corrected chi connectivity index (χ3v) is 5.87. The number of rotatable bonds is 9. The Morgan fingerprint density at radius 2 is 1.97 bits per heavy atom. The van der Waals surface area contributed by atoms with Crippen molar-refractivity contribution in [3.8, 4) is 12.3 Å². The highest BCUT2D eigenvalue weighted by Crippen LogP contribution is 2.37. The van der Waals surface area contributed by atoms with Crippen molar-refractivity contribution in [1.29, 1.82) is 0 Å². The van der Waals surface area contributed by atoms with E-state index in [4.69, 9.17) is 6.42 Å². The zero-order valence-corrected chi connectivity index (χ0v) is 20.4. The van der Waals surface area contributed by atoms with E-state index in [0.29, 0.717) is 5.41 Å². The number of terminal acetylenes is 1. The lowest BCUT2D eigenvalue weighted by Crippen LogP contribution is -2.53. The first-order chi connectivity index (χ1) is 14.6. The van der Waals surface area contributed by atoms with Crippen LogP contribution in [-0.4, -0.2) is 50.7 Å². The standard InChI is InChI=1S/C27H38N4/c1-11-21-17-22(24(13-3)31-18-27(5,6)19-31)14-15-25(21)30(10)20(4)16-26(29(8)9)23(12-2)28-7/h3,12,14-17,24H,4,7,11,18-19H2,1-2,5-6,8-10H3/b23-12+,26-16+. The molecule has 1 unspecified atom stereocenters. The van der Waals surface area contributed by atoms with E-state index in [1.54, 1.807) is 0 Å². The molecule has 166 valence electrons. The summed E-state index contributed by atoms with van der Waals surface area (Å²) in [6, 6.07) is 6.61. The molecule has 1 heterocycles. The van der Waals surface area contributed by atoms with E-state index in [1.807, 2.05) is 45.1 Å². The van der Waals surface area contributed by atoms with Crippen LogP contribution >= 0.6 is 0 Å². The molecule has 0 aliphatic carbocycles. The summed E-state index contributed by atoms with van der Waals surface area (Å²) in [5.41, 5.74) is 6.62. The number of likely N-dealkylation sites (tertiary alicyclic amines) is 1. The molecular formula is C27H38N4. The lowest BCUT2D eigenvalue weighted by atomic mass is 9.82. The average molecular weight is 419 g/mol. The summed E-state index contributed by atoms with van der Waals surface area (Å²) in [5.74, 6) is 3.00. The molecular weight excluding hydrogens is 380 g/mol. The van der Waals surface area contributed by atoms with Crippen molar-refractivity contribution in [2.24, 2.45) is 10.4 Å². The molecule has 0 saturated carbocycles. The first kappa shape index (κ1) is 24.5. The molecule has 1 saturated heterocycles. The number of benzene rings is 1. The van der Waals surface area contributed by atoms with Gasteiger partial charge in [-0.25, -0.2) is 0 Å². The van der Waals surface area contributed by atoms with Gasteiger partial charge in [-0.3, -0.25) is 9.89 Å². The maximum atomic E-state index is 5.93. The van der Waals surface area contributed by atoms with Gasteiger partial charge in [0.05, 0.1) is 17.4 Å². The van der Waals surface area contributed by atoms with Crippen LogP contribution in [0.4, 0.5) is 5.69 Å². The maximum absolute atomic E-state index is 5.93. The Morgan fingerprint density at radius 1 is 1.32 bits per heavy atom. The molecule has 1 aromatic carbocycles. The summed E-state index contributed by atoms with van der Waals surface area (Å²) in [6.45, 7) is 18.8. The molecule has 2 rings (SSSR count). The number of allylic oxidation sites excluding steroid dienone is 2. The fourth-order valence-corrected chi connectivity index (χ4v) is 4.20. The molecule has 0 aromatic heterocycles. The number of nitrogens with zero attached hydrogens (tertiary/aromatic N) is 4. The number of hydrogen-bond donors (Lipinski definition) is 0. The second-order valence-corrected chi connectivity index (χ2v) is 9.19. The summed E-state index contributed by atoms with van der Waals surface area (Å²) in [5, 5.41) is 0. The van der Waals surface area contributed by atoms with E-state index in [0.717, 1.165) is 42.3 Å². The minimum Gasteiger partial charge on any atom is -0.376 e. The van der Waals surface area contributed by atoms with Gasteiger partial charge >= 0.3 is 0 Å². The second kappa shape index (κ2) is 10.0. The van der Waals surface area contributed by atoms with Gasteiger partial charge in [-0.2, -0.15) is 0 Å². The second-order valence-electron chi connectivity index (χ2n) is 9.19. The average Bonchev–Trinajstić information content (AvgIpc) is 2.72. The van der Waals surface area contributed by atoms with Gasteiger partial charge in [0.15, 0.2) is 0 Å². The van der Waals surface area contributed by atoms with Gasteiger partial charge < -0.3 is 9.80 Å². The summed E-state index contributed by atoms with van der Waals surface area (Å²) < 4.78 is 0. The molecule has 1 aliphatic heterocycles. The van der Waals surface area contributed by atoms with Gasteiger partial charge in [-0.15, -0.1) is 6.42 Å². The van der Waals surface area contributed by atoms with E-state index < -0.39 is 0 Å². The van der Waals surface area contributed by atoms with Crippen molar-refractivity contribution >= 4 is 12.4 Å². The maximum Gasteiger partial charge on any atom is 0.0968 e. The number of anilines is 1. The zero-order valence-electron chi connectivity index (χ0n) is 20.4. The number of aryl methyl sites for hydroxylation is 1. The van der Waals surface area contributed by atoms with Crippen molar-refractivity contribution in [1.82, 2.24) is 9.80 Å². The van der Waals surface area contributed by atoms with E-state index in [1.165, 1.54) is 11.1 Å². The first-order valence-electron chi connectivity index (χ1n) is 10.9. The summed E-state index contributed by atoms with van der Waals surface area (Å²) in [4.78, 5) is 10.7. The number of hydrogen-bond acceptors (Lipinski definition) is 4. The van der Waals surface area contributed by atoms with Gasteiger partial charge in [-0.05, 0) is 48.7 Å². The molecule has 0 bridgehead atoms. The highest BCUT2D eigenvalue weighted by Gasteiger charge is 2.38. The van der Waals surface area contributed by atoms with Gasteiger partial charge in [-0.1, -0.05) is 51.5 Å². The Labute approximate surface area is 189 Å². The molecule has 4 heteroatoms. The van der Waals surface area contributed by atoms with E-state index in [-0.39, 0.29) is 6.04 Å². The molecule has 0 spiro atoms. The molecule has 0 amide bonds. The number of aliphatic imine (C=N–C) groups is 1. The van der Waals surface area contributed by atoms with Gasteiger partial charge in [0.2, 0.25) is 0 Å². The Morgan fingerprint density at radius 3 is 2.42 bits per heavy atom. The van der Waals surface area contributed by atoms with Gasteiger partial charge in [0, 0.05) is 45.6 Å². The first-order valence-corrected chi connectivity index (χ1v) is 10.9. The quantitative estimate of drug-likeness (QED) is 0.310. The van der Waals surface area contributed by atoms with Crippen LogP contribution in [0, 0.1) is 17.8 Å². The minimum atomic E-state index is 0.0250. The Kier molecular flexibility index (Phi) is 7.92. The van der Waals surface area contributed by atoms with Crippen molar-refractivity contribution in [2.75, 3.05) is 39.1 Å². The normalized spacial score (nSPS) is 17.4. The molecule has 0 N–H and O–H groups in total. The predicted octanol–water partition coefficient (Wildman–Crippen LogP) is 5.26. The largest absolute Gasteiger partial charge is 0.376 e. The van der Waals surface area contributed by atoms with Crippen LogP contribution in [0.15, 0.2) is 59.0 Å². The van der Waals surface area contributed by atoms with Crippen LogP contribution < -0.4 is 4.90 Å². The SMILES string of the molecule is C#CC(c1ccc(N(C)C(=C)/C=C(\C(=C/C)N=C)N(C)C)c(CC)c1)N1CC(C)(C)C1. The topological polar surface area (TPSA) is 22.1 Å². The lowest BCUT2D eigenvalue weighted by molar-refractivity contribution is 0.0112. The zero-order chi connectivity index (χ0) is 23.3. The summed E-state index contributed by atoms with van der Waals surface area (Å²) >= 11 is 0. The Hall–Kier alpha value is -2.77. The molecule has 0 radical (unpaired) electrons. The smallest absolute Gasteiger partial charge is 0.0968 e. The molecule has 1 atom stereocenters. The van der Waals surface area contributed by atoms with Crippen LogP contribution in [0.3, 0.4) is 0 Å². The Balaban J connectivity index is 2.33. The van der Waals surface area contributed by atoms with Crippen LogP contribution in [0.2, 0.25) is 0 Å². The highest BCUT2D eigenvalue weighted by atomic mass is 15.2. The molecule has 1 fully saturated rings. The van der Waals surface area contributed by atoms with Crippen LogP contribution in [0.5, 0.6) is 0 Å². The predicted molar refractivity (Wildman–Crippen MR) is 135 cm³/mol. The fraction of sp³-hybridized carbons (Fsp3) is 0.444. The fourth-order valence-electron chi connectivity index (χ4n) is 4.20. The van der Waals surface area contributed by atoms with Crippen molar-refractivity contribution in [3.05, 3.63) is 65.1 Å². The summed E-state index contributed by atoms with van der Waals surface area (Å²) in [6.07, 6.45) is 10.8. The van der Waals surface area contributed by atoms with Crippen LogP contribution in [0.25, 0.3) is 0 Å².